The zero-order valence-corrected chi connectivity index (χ0v) is 13.7. The molecule has 1 unspecified atom stereocenters. The zero-order chi connectivity index (χ0) is 14.9. The summed E-state index contributed by atoms with van der Waals surface area (Å²) in [6, 6.07) is 5.12. The van der Waals surface area contributed by atoms with Crippen LogP contribution in [0, 0.1) is 15.4 Å². The van der Waals surface area contributed by atoms with Gasteiger partial charge in [0.2, 0.25) is 0 Å². The standard InChI is InChI=1S/C13H14ClIN2O3/c1-7(12(18)19)8-5-17(6-8)13(20)16-11-3-2-9(15)4-10(11)14/h2-4,7-8H,5-6H2,1H3,(H,16,20)(H,18,19). The Bertz CT molecular complexity index is 546. The van der Waals surface area contributed by atoms with Crippen LogP contribution in [0.3, 0.4) is 0 Å². The fourth-order valence-corrected chi connectivity index (χ4v) is 2.88. The quantitative estimate of drug-likeness (QED) is 0.755. The largest absolute Gasteiger partial charge is 0.481 e. The van der Waals surface area contributed by atoms with Crippen molar-refractivity contribution in [1.29, 1.82) is 0 Å². The number of aliphatic carboxylic acids is 1. The van der Waals surface area contributed by atoms with Crippen molar-refractivity contribution in [2.24, 2.45) is 11.8 Å². The number of carbonyl (C=O) groups excluding carboxylic acids is 1. The molecule has 20 heavy (non-hydrogen) atoms. The van der Waals surface area contributed by atoms with Gasteiger partial charge in [0.25, 0.3) is 0 Å². The molecule has 0 radical (unpaired) electrons. The lowest BCUT2D eigenvalue weighted by Crippen LogP contribution is -2.54. The predicted molar refractivity (Wildman–Crippen MR) is 85.1 cm³/mol. The van der Waals surface area contributed by atoms with E-state index in [-0.39, 0.29) is 11.9 Å². The summed E-state index contributed by atoms with van der Waals surface area (Å²) in [4.78, 5) is 24.4. The number of rotatable bonds is 3. The lowest BCUT2D eigenvalue weighted by molar-refractivity contribution is -0.144. The molecule has 0 saturated carbocycles. The second-order valence-corrected chi connectivity index (χ2v) is 6.50. The number of halogens is 2. The average Bonchev–Trinajstić information content (AvgIpc) is 2.30. The number of urea groups is 1. The molecule has 1 aromatic carbocycles. The molecule has 1 aliphatic heterocycles. The molecule has 2 amide bonds. The number of carboxylic acids is 1. The van der Waals surface area contributed by atoms with Crippen LogP contribution in [0.4, 0.5) is 10.5 Å². The van der Waals surface area contributed by atoms with Crippen LogP contribution in [0.1, 0.15) is 6.92 Å². The third-order valence-electron chi connectivity index (χ3n) is 3.47. The maximum atomic E-state index is 12.0. The Morgan fingerprint density at radius 1 is 1.50 bits per heavy atom. The van der Waals surface area contributed by atoms with Gasteiger partial charge in [0.05, 0.1) is 16.6 Å². The molecule has 7 heteroatoms. The van der Waals surface area contributed by atoms with Gasteiger partial charge < -0.3 is 15.3 Å². The van der Waals surface area contributed by atoms with Crippen molar-refractivity contribution in [3.05, 3.63) is 26.8 Å². The van der Waals surface area contributed by atoms with Crippen molar-refractivity contribution in [3.8, 4) is 0 Å². The Morgan fingerprint density at radius 3 is 2.70 bits per heavy atom. The number of anilines is 1. The first kappa shape index (κ1) is 15.4. The van der Waals surface area contributed by atoms with Crippen LogP contribution in [0.2, 0.25) is 5.02 Å². The van der Waals surface area contributed by atoms with Gasteiger partial charge in [-0.25, -0.2) is 4.79 Å². The van der Waals surface area contributed by atoms with E-state index in [4.69, 9.17) is 16.7 Å². The van der Waals surface area contributed by atoms with Crippen LogP contribution in [-0.2, 0) is 4.79 Å². The summed E-state index contributed by atoms with van der Waals surface area (Å²) in [6.45, 7) is 2.58. The van der Waals surface area contributed by atoms with Gasteiger partial charge in [0.1, 0.15) is 0 Å². The van der Waals surface area contributed by atoms with E-state index in [1.165, 1.54) is 0 Å². The summed E-state index contributed by atoms with van der Waals surface area (Å²) >= 11 is 8.18. The average molecular weight is 409 g/mol. The number of benzene rings is 1. The fraction of sp³-hybridized carbons (Fsp3) is 0.385. The van der Waals surface area contributed by atoms with Gasteiger partial charge in [-0.1, -0.05) is 18.5 Å². The van der Waals surface area contributed by atoms with E-state index < -0.39 is 11.9 Å². The summed E-state index contributed by atoms with van der Waals surface area (Å²) in [6.07, 6.45) is 0. The summed E-state index contributed by atoms with van der Waals surface area (Å²) in [5.41, 5.74) is 0.562. The molecule has 5 nitrogen and oxygen atoms in total. The molecule has 0 aliphatic carbocycles. The van der Waals surface area contributed by atoms with E-state index in [1.54, 1.807) is 24.0 Å². The first-order valence-electron chi connectivity index (χ1n) is 6.12. The Hall–Kier alpha value is -1.02. The monoisotopic (exact) mass is 408 g/mol. The molecule has 1 aromatic rings. The first-order valence-corrected chi connectivity index (χ1v) is 7.58. The highest BCUT2D eigenvalue weighted by Gasteiger charge is 2.37. The molecular weight excluding hydrogens is 395 g/mol. The highest BCUT2D eigenvalue weighted by Crippen LogP contribution is 2.27. The Morgan fingerprint density at radius 2 is 2.15 bits per heavy atom. The molecule has 1 fully saturated rings. The molecule has 108 valence electrons. The molecule has 0 spiro atoms. The summed E-state index contributed by atoms with van der Waals surface area (Å²) in [5.74, 6) is -1.23. The second kappa shape index (κ2) is 6.17. The van der Waals surface area contributed by atoms with Crippen LogP contribution >= 0.6 is 34.2 Å². The first-order chi connectivity index (χ1) is 9.38. The van der Waals surface area contributed by atoms with Gasteiger partial charge in [-0.05, 0) is 40.8 Å². The van der Waals surface area contributed by atoms with Crippen molar-refractivity contribution < 1.29 is 14.7 Å². The molecule has 1 saturated heterocycles. The minimum atomic E-state index is -0.823. The predicted octanol–water partition coefficient (Wildman–Crippen LogP) is 3.13. The van der Waals surface area contributed by atoms with E-state index in [2.05, 4.69) is 27.9 Å². The summed E-state index contributed by atoms with van der Waals surface area (Å²) in [7, 11) is 0. The van der Waals surface area contributed by atoms with Gasteiger partial charge in [-0.15, -0.1) is 0 Å². The van der Waals surface area contributed by atoms with Crippen molar-refractivity contribution in [1.82, 2.24) is 4.90 Å². The minimum Gasteiger partial charge on any atom is -0.481 e. The highest BCUT2D eigenvalue weighted by atomic mass is 127. The Kier molecular flexibility index (Phi) is 4.74. The molecule has 2 N–H and O–H groups in total. The maximum Gasteiger partial charge on any atom is 0.321 e. The molecule has 1 atom stereocenters. The van der Waals surface area contributed by atoms with Crippen LogP contribution in [0.25, 0.3) is 0 Å². The van der Waals surface area contributed by atoms with Gasteiger partial charge in [0, 0.05) is 22.6 Å². The minimum absolute atomic E-state index is 0.0189. The lowest BCUT2D eigenvalue weighted by Gasteiger charge is -2.41. The number of amides is 2. The third-order valence-corrected chi connectivity index (χ3v) is 4.45. The maximum absolute atomic E-state index is 12.0. The van der Waals surface area contributed by atoms with E-state index in [0.717, 1.165) is 3.57 Å². The van der Waals surface area contributed by atoms with E-state index in [1.807, 2.05) is 6.07 Å². The Labute approximate surface area is 135 Å². The van der Waals surface area contributed by atoms with Gasteiger partial charge in [-0.2, -0.15) is 0 Å². The number of hydrogen-bond donors (Lipinski definition) is 2. The van der Waals surface area contributed by atoms with E-state index >= 15 is 0 Å². The second-order valence-electron chi connectivity index (χ2n) is 4.85. The van der Waals surface area contributed by atoms with Crippen LogP contribution in [0.5, 0.6) is 0 Å². The summed E-state index contributed by atoms with van der Waals surface area (Å²) < 4.78 is 0.991. The van der Waals surface area contributed by atoms with Crippen molar-refractivity contribution in [2.45, 2.75) is 6.92 Å². The van der Waals surface area contributed by atoms with Gasteiger partial charge in [-0.3, -0.25) is 4.79 Å². The number of hydrogen-bond acceptors (Lipinski definition) is 2. The number of nitrogens with one attached hydrogen (secondary N) is 1. The molecule has 1 heterocycles. The van der Waals surface area contributed by atoms with Crippen LogP contribution in [-0.4, -0.2) is 35.1 Å². The van der Waals surface area contributed by atoms with Crippen molar-refractivity contribution in [3.63, 3.8) is 0 Å². The SMILES string of the molecule is CC(C(=O)O)C1CN(C(=O)Nc2ccc(I)cc2Cl)C1. The van der Waals surface area contributed by atoms with Crippen molar-refractivity contribution in [2.75, 3.05) is 18.4 Å². The van der Waals surface area contributed by atoms with Crippen LogP contribution in [0.15, 0.2) is 18.2 Å². The third kappa shape index (κ3) is 3.35. The normalized spacial score (nSPS) is 16.4. The number of carboxylic acid groups (broad SMARTS) is 1. The van der Waals surface area contributed by atoms with E-state index in [9.17, 15) is 9.59 Å². The molecule has 2 rings (SSSR count). The van der Waals surface area contributed by atoms with Gasteiger partial charge in [0.15, 0.2) is 0 Å². The highest BCUT2D eigenvalue weighted by molar-refractivity contribution is 14.1. The van der Waals surface area contributed by atoms with E-state index in [0.29, 0.717) is 23.8 Å². The molecule has 0 bridgehead atoms. The zero-order valence-electron chi connectivity index (χ0n) is 10.8. The molecule has 0 aromatic heterocycles. The van der Waals surface area contributed by atoms with Gasteiger partial charge >= 0.3 is 12.0 Å². The molecule has 1 aliphatic rings. The van der Waals surface area contributed by atoms with Crippen molar-refractivity contribution >= 4 is 51.9 Å². The number of nitrogens with zero attached hydrogens (tertiary/aromatic N) is 1. The number of carbonyl (C=O) groups is 2. The molecular formula is C13H14ClIN2O3. The fourth-order valence-electron chi connectivity index (χ4n) is 1.98. The van der Waals surface area contributed by atoms with Crippen LogP contribution < -0.4 is 5.32 Å². The lowest BCUT2D eigenvalue weighted by atomic mass is 9.87. The summed E-state index contributed by atoms with van der Waals surface area (Å²) in [5, 5.41) is 12.1. The topological polar surface area (TPSA) is 69.6 Å². The number of likely N-dealkylation sites (tertiary alicyclic amines) is 1. The smallest absolute Gasteiger partial charge is 0.321 e. The Balaban J connectivity index is 1.90.